The Hall–Kier alpha value is -2.52. The van der Waals surface area contributed by atoms with E-state index in [1.165, 1.54) is 11.1 Å². The van der Waals surface area contributed by atoms with E-state index in [2.05, 4.69) is 4.99 Å². The molecule has 0 aromatic heterocycles. The number of imide groups is 1. The third kappa shape index (κ3) is 2.17. The molecule has 0 spiro atoms. The lowest BCUT2D eigenvalue weighted by molar-refractivity contribution is -0.122. The van der Waals surface area contributed by atoms with Crippen molar-refractivity contribution < 1.29 is 14.2 Å². The normalized spacial score (nSPS) is 27.8. The molecule has 2 aliphatic heterocycles. The van der Waals surface area contributed by atoms with Gasteiger partial charge in [-0.25, -0.2) is 4.90 Å². The first-order valence-electron chi connectivity index (χ1n) is 8.47. The van der Waals surface area contributed by atoms with E-state index in [1.807, 2.05) is 36.4 Å². The van der Waals surface area contributed by atoms with Gasteiger partial charge in [-0.05, 0) is 31.0 Å². The Kier molecular flexibility index (Phi) is 3.74. The number of carbonyl (C=O) groups is 2. The zero-order chi connectivity index (χ0) is 18.5. The summed E-state index contributed by atoms with van der Waals surface area (Å²) in [4.78, 5) is 32.1. The van der Waals surface area contributed by atoms with E-state index < -0.39 is 24.3 Å². The largest absolute Gasteiger partial charge is 0.321 e. The summed E-state index contributed by atoms with van der Waals surface area (Å²) in [6.45, 7) is 3.28. The Labute approximate surface area is 152 Å². The van der Waals surface area contributed by atoms with Crippen molar-refractivity contribution in [3.05, 3.63) is 66.2 Å². The van der Waals surface area contributed by atoms with Gasteiger partial charge in [0.2, 0.25) is 11.8 Å². The average Bonchev–Trinajstić information content (AvgIpc) is 3.15. The highest BCUT2D eigenvalue weighted by Gasteiger charge is 2.65. The maximum atomic E-state index is 13.4. The Morgan fingerprint density at radius 2 is 1.50 bits per heavy atom. The lowest BCUT2D eigenvalue weighted by atomic mass is 9.87. The van der Waals surface area contributed by atoms with Crippen molar-refractivity contribution >= 4 is 30.9 Å². The zero-order valence-corrected chi connectivity index (χ0v) is 15.5. The Bertz CT molecular complexity index is 952. The molecule has 2 aromatic carbocycles. The van der Waals surface area contributed by atoms with Crippen LogP contribution in [0.4, 0.5) is 5.69 Å². The molecule has 2 heterocycles. The van der Waals surface area contributed by atoms with Crippen LogP contribution in [-0.4, -0.2) is 31.4 Å². The molecule has 5 nitrogen and oxygen atoms in total. The highest BCUT2D eigenvalue weighted by molar-refractivity contribution is 7.63. The maximum absolute atomic E-state index is 13.4. The van der Waals surface area contributed by atoms with E-state index in [0.29, 0.717) is 11.3 Å². The van der Waals surface area contributed by atoms with Crippen molar-refractivity contribution in [1.29, 1.82) is 0 Å². The van der Waals surface area contributed by atoms with Gasteiger partial charge < -0.3 is 4.57 Å². The van der Waals surface area contributed by atoms with Gasteiger partial charge in [0.15, 0.2) is 0 Å². The van der Waals surface area contributed by atoms with Gasteiger partial charge in [-0.1, -0.05) is 48.5 Å². The van der Waals surface area contributed by atoms with Crippen LogP contribution < -0.4 is 4.90 Å². The number of rotatable bonds is 3. The summed E-state index contributed by atoms with van der Waals surface area (Å²) in [6, 6.07) is 18.1. The van der Waals surface area contributed by atoms with Crippen LogP contribution in [-0.2, 0) is 19.4 Å². The summed E-state index contributed by atoms with van der Waals surface area (Å²) >= 11 is 0. The molecule has 0 radical (unpaired) electrons. The fraction of sp³-hybridized carbons (Fsp3) is 0.250. The van der Waals surface area contributed by atoms with Crippen LogP contribution >= 0.6 is 7.14 Å². The lowest BCUT2D eigenvalue weighted by Crippen LogP contribution is -2.38. The SMILES string of the molecule is CP(C)(=O)[C@]1(c2ccccc2)N=C[C@H]2C(=O)N(c3ccccc3)C(=O)[C@H]21. The van der Waals surface area contributed by atoms with Gasteiger partial charge in [-0.15, -0.1) is 0 Å². The molecule has 0 bridgehead atoms. The lowest BCUT2D eigenvalue weighted by Gasteiger charge is -2.36. The highest BCUT2D eigenvalue weighted by Crippen LogP contribution is 2.67. The molecule has 0 aliphatic carbocycles. The Morgan fingerprint density at radius 3 is 2.08 bits per heavy atom. The van der Waals surface area contributed by atoms with Crippen LogP contribution in [0.5, 0.6) is 0 Å². The Balaban J connectivity index is 1.89. The number of anilines is 1. The molecule has 132 valence electrons. The second-order valence-corrected chi connectivity index (χ2v) is 10.5. The predicted octanol–water partition coefficient (Wildman–Crippen LogP) is 3.35. The van der Waals surface area contributed by atoms with E-state index in [-0.39, 0.29) is 11.8 Å². The second kappa shape index (κ2) is 5.75. The molecular weight excluding hydrogens is 347 g/mol. The highest BCUT2D eigenvalue weighted by atomic mass is 31.2. The number of para-hydroxylation sites is 1. The number of amides is 2. The fourth-order valence-electron chi connectivity index (χ4n) is 4.09. The molecule has 4 rings (SSSR count). The molecule has 0 unspecified atom stereocenters. The van der Waals surface area contributed by atoms with E-state index in [0.717, 1.165) is 0 Å². The van der Waals surface area contributed by atoms with E-state index >= 15 is 0 Å². The zero-order valence-electron chi connectivity index (χ0n) is 14.6. The standard InChI is InChI=1S/C20H19N2O3P/c1-26(2,25)20(14-9-5-3-6-10-14)17-16(13-21-20)18(23)22(19(17)24)15-11-7-4-8-12-15/h3-13,16-17H,1-2H3/t16-,17+,20+/m1/s1. The quantitative estimate of drug-likeness (QED) is 0.618. The van der Waals surface area contributed by atoms with Gasteiger partial charge in [0, 0.05) is 6.21 Å². The predicted molar refractivity (Wildman–Crippen MR) is 102 cm³/mol. The van der Waals surface area contributed by atoms with Crippen molar-refractivity contribution in [3.63, 3.8) is 0 Å². The van der Waals surface area contributed by atoms with Gasteiger partial charge in [0.25, 0.3) is 0 Å². The summed E-state index contributed by atoms with van der Waals surface area (Å²) in [5.74, 6) is -2.10. The fourth-order valence-corrected chi connectivity index (χ4v) is 6.15. The third-order valence-corrected chi connectivity index (χ3v) is 7.54. The number of nitrogens with zero attached hydrogens (tertiary/aromatic N) is 2. The molecule has 26 heavy (non-hydrogen) atoms. The average molecular weight is 366 g/mol. The number of fused-ring (bicyclic) bond motifs is 1. The van der Waals surface area contributed by atoms with Gasteiger partial charge in [0.1, 0.15) is 12.4 Å². The number of hydrogen-bond acceptors (Lipinski definition) is 4. The second-order valence-electron chi connectivity index (χ2n) is 7.07. The van der Waals surface area contributed by atoms with Crippen molar-refractivity contribution in [2.75, 3.05) is 18.2 Å². The summed E-state index contributed by atoms with van der Waals surface area (Å²) in [6.07, 6.45) is 1.53. The number of hydrogen-bond donors (Lipinski definition) is 0. The van der Waals surface area contributed by atoms with Gasteiger partial charge in [0.05, 0.1) is 17.5 Å². The van der Waals surface area contributed by atoms with Gasteiger partial charge in [-0.3, -0.25) is 14.6 Å². The summed E-state index contributed by atoms with van der Waals surface area (Å²) < 4.78 is 13.4. The number of carbonyl (C=O) groups excluding carboxylic acids is 2. The molecule has 1 saturated heterocycles. The molecule has 2 amide bonds. The molecule has 0 saturated carbocycles. The molecule has 6 heteroatoms. The van der Waals surface area contributed by atoms with Gasteiger partial charge in [-0.2, -0.15) is 0 Å². The number of aliphatic imine (C=N–C) groups is 1. The first-order valence-corrected chi connectivity index (χ1v) is 11.1. The molecule has 3 atom stereocenters. The molecule has 1 fully saturated rings. The third-order valence-electron chi connectivity index (χ3n) is 5.25. The summed E-state index contributed by atoms with van der Waals surface area (Å²) in [7, 11) is -2.92. The molecule has 2 aliphatic rings. The summed E-state index contributed by atoms with van der Waals surface area (Å²) in [5.41, 5.74) is 1.25. The van der Waals surface area contributed by atoms with Crippen molar-refractivity contribution in [3.8, 4) is 0 Å². The molecular formula is C20H19N2O3P. The number of benzene rings is 2. The van der Waals surface area contributed by atoms with Gasteiger partial charge >= 0.3 is 0 Å². The van der Waals surface area contributed by atoms with Crippen molar-refractivity contribution in [1.82, 2.24) is 0 Å². The topological polar surface area (TPSA) is 66.8 Å². The first kappa shape index (κ1) is 16.9. The van der Waals surface area contributed by atoms with Crippen LogP contribution in [0.2, 0.25) is 0 Å². The van der Waals surface area contributed by atoms with Crippen molar-refractivity contribution in [2.45, 2.75) is 5.28 Å². The van der Waals surface area contributed by atoms with Crippen LogP contribution in [0, 0.1) is 11.8 Å². The molecule has 2 aromatic rings. The van der Waals surface area contributed by atoms with Crippen molar-refractivity contribution in [2.24, 2.45) is 16.8 Å². The summed E-state index contributed by atoms with van der Waals surface area (Å²) in [5, 5.41) is -1.20. The van der Waals surface area contributed by atoms with E-state index in [4.69, 9.17) is 0 Å². The smallest absolute Gasteiger partial charge is 0.243 e. The minimum absolute atomic E-state index is 0.304. The van der Waals surface area contributed by atoms with E-state index in [1.54, 1.807) is 37.6 Å². The van der Waals surface area contributed by atoms with Crippen LogP contribution in [0.25, 0.3) is 0 Å². The van der Waals surface area contributed by atoms with Crippen LogP contribution in [0.15, 0.2) is 65.7 Å². The first-order chi connectivity index (χ1) is 12.4. The van der Waals surface area contributed by atoms with Crippen LogP contribution in [0.1, 0.15) is 5.56 Å². The van der Waals surface area contributed by atoms with Crippen LogP contribution in [0.3, 0.4) is 0 Å². The monoisotopic (exact) mass is 366 g/mol. The molecule has 0 N–H and O–H groups in total. The minimum atomic E-state index is -2.92. The maximum Gasteiger partial charge on any atom is 0.243 e. The van der Waals surface area contributed by atoms with E-state index in [9.17, 15) is 14.2 Å². The Morgan fingerprint density at radius 1 is 0.923 bits per heavy atom. The minimum Gasteiger partial charge on any atom is -0.321 e.